The van der Waals surface area contributed by atoms with Crippen molar-refractivity contribution in [2.75, 3.05) is 0 Å². The Kier molecular flexibility index (Phi) is 3.69. The van der Waals surface area contributed by atoms with E-state index in [-0.39, 0.29) is 5.78 Å². The van der Waals surface area contributed by atoms with E-state index in [0.717, 1.165) is 18.4 Å². The van der Waals surface area contributed by atoms with Gasteiger partial charge in [0, 0.05) is 12.0 Å². The maximum Gasteiger partial charge on any atom is 0.162 e. The van der Waals surface area contributed by atoms with Gasteiger partial charge in [0.05, 0.1) is 0 Å². The number of rotatable bonds is 4. The zero-order chi connectivity index (χ0) is 9.68. The van der Waals surface area contributed by atoms with Crippen molar-refractivity contribution in [3.63, 3.8) is 0 Å². The third-order valence-electron chi connectivity index (χ3n) is 2.13. The molecule has 0 bridgehead atoms. The lowest BCUT2D eigenvalue weighted by Gasteiger charge is -1.99. The minimum absolute atomic E-state index is 0.266. The van der Waals surface area contributed by atoms with Crippen LogP contribution in [-0.4, -0.2) is 5.78 Å². The van der Waals surface area contributed by atoms with Gasteiger partial charge in [-0.25, -0.2) is 0 Å². The Morgan fingerprint density at radius 3 is 2.38 bits per heavy atom. The van der Waals surface area contributed by atoms with Crippen LogP contribution in [0.4, 0.5) is 0 Å². The summed E-state index contributed by atoms with van der Waals surface area (Å²) in [4.78, 5) is 11.5. The molecule has 13 heavy (non-hydrogen) atoms. The fraction of sp³-hybridized carbons (Fsp3) is 0.417. The summed E-state index contributed by atoms with van der Waals surface area (Å²) in [6, 6.07) is 7.79. The van der Waals surface area contributed by atoms with Crippen molar-refractivity contribution in [2.24, 2.45) is 0 Å². The molecule has 1 rings (SSSR count). The van der Waals surface area contributed by atoms with E-state index in [1.54, 1.807) is 0 Å². The fourth-order valence-electron chi connectivity index (χ4n) is 1.22. The van der Waals surface area contributed by atoms with Crippen LogP contribution < -0.4 is 0 Å². The molecule has 0 aliphatic rings. The van der Waals surface area contributed by atoms with Crippen LogP contribution in [0.25, 0.3) is 0 Å². The number of hydrogen-bond donors (Lipinski definition) is 0. The lowest BCUT2D eigenvalue weighted by molar-refractivity contribution is 0.0980. The summed E-state index contributed by atoms with van der Waals surface area (Å²) in [5.74, 6) is 0.266. The van der Waals surface area contributed by atoms with Gasteiger partial charge < -0.3 is 0 Å². The third-order valence-corrected chi connectivity index (χ3v) is 2.13. The molecule has 1 nitrogen and oxygen atoms in total. The Hall–Kier alpha value is -1.11. The average molecular weight is 176 g/mol. The Morgan fingerprint density at radius 2 is 1.85 bits per heavy atom. The molecule has 0 aliphatic heterocycles. The number of Topliss-reactive ketones (excluding diaryl/α,β-unsaturated/α-hetero) is 1. The van der Waals surface area contributed by atoms with Gasteiger partial charge in [0.2, 0.25) is 0 Å². The molecule has 1 heteroatoms. The molecular weight excluding hydrogens is 160 g/mol. The van der Waals surface area contributed by atoms with Crippen LogP contribution in [0.5, 0.6) is 0 Å². The summed E-state index contributed by atoms with van der Waals surface area (Å²) >= 11 is 0. The number of hydrogen-bond acceptors (Lipinski definition) is 1. The molecule has 1 aromatic carbocycles. The molecule has 0 saturated carbocycles. The first-order chi connectivity index (χ1) is 6.24. The predicted molar refractivity (Wildman–Crippen MR) is 55.0 cm³/mol. The van der Waals surface area contributed by atoms with Crippen LogP contribution in [0.15, 0.2) is 24.3 Å². The normalized spacial score (nSPS) is 10.0. The first kappa shape index (κ1) is 9.97. The Morgan fingerprint density at radius 1 is 1.23 bits per heavy atom. The molecule has 0 amide bonds. The largest absolute Gasteiger partial charge is 0.294 e. The number of unbranched alkanes of at least 4 members (excludes halogenated alkanes) is 1. The highest BCUT2D eigenvalue weighted by Crippen LogP contribution is 2.08. The van der Waals surface area contributed by atoms with Gasteiger partial charge >= 0.3 is 0 Å². The van der Waals surface area contributed by atoms with E-state index in [1.165, 1.54) is 5.56 Å². The Labute approximate surface area is 79.8 Å². The molecule has 0 spiro atoms. The minimum atomic E-state index is 0.266. The Bertz CT molecular complexity index is 272. The maximum atomic E-state index is 11.5. The zero-order valence-electron chi connectivity index (χ0n) is 8.34. The van der Waals surface area contributed by atoms with Crippen molar-refractivity contribution in [1.29, 1.82) is 0 Å². The number of benzene rings is 1. The molecule has 0 aliphatic carbocycles. The monoisotopic (exact) mass is 176 g/mol. The predicted octanol–water partition coefficient (Wildman–Crippen LogP) is 3.37. The molecule has 1 aromatic rings. The van der Waals surface area contributed by atoms with Gasteiger partial charge in [-0.1, -0.05) is 43.2 Å². The summed E-state index contributed by atoms with van der Waals surface area (Å²) in [6.07, 6.45) is 2.75. The molecule has 0 saturated heterocycles. The molecule has 0 aromatic heterocycles. The van der Waals surface area contributed by atoms with Crippen LogP contribution in [0.1, 0.15) is 42.1 Å². The van der Waals surface area contributed by atoms with Crippen LogP contribution in [0, 0.1) is 6.92 Å². The van der Waals surface area contributed by atoms with Gasteiger partial charge in [-0.2, -0.15) is 0 Å². The first-order valence-electron chi connectivity index (χ1n) is 4.84. The number of carbonyl (C=O) groups excluding carboxylic acids is 1. The van der Waals surface area contributed by atoms with Crippen molar-refractivity contribution in [3.8, 4) is 0 Å². The van der Waals surface area contributed by atoms with Crippen molar-refractivity contribution >= 4 is 5.78 Å². The van der Waals surface area contributed by atoms with Gasteiger partial charge in [-0.05, 0) is 13.3 Å². The summed E-state index contributed by atoms with van der Waals surface area (Å²) in [5.41, 5.74) is 2.05. The summed E-state index contributed by atoms with van der Waals surface area (Å²) in [7, 11) is 0. The number of ketones is 1. The SMILES string of the molecule is CCCCC(=O)c1ccc(C)cc1. The highest BCUT2D eigenvalue weighted by molar-refractivity contribution is 5.95. The van der Waals surface area contributed by atoms with Gasteiger partial charge in [-0.15, -0.1) is 0 Å². The van der Waals surface area contributed by atoms with Crippen molar-refractivity contribution in [2.45, 2.75) is 33.1 Å². The van der Waals surface area contributed by atoms with Crippen molar-refractivity contribution in [3.05, 3.63) is 35.4 Å². The first-order valence-corrected chi connectivity index (χ1v) is 4.84. The number of aryl methyl sites for hydroxylation is 1. The van der Waals surface area contributed by atoms with E-state index in [9.17, 15) is 4.79 Å². The second kappa shape index (κ2) is 4.80. The van der Waals surface area contributed by atoms with E-state index in [2.05, 4.69) is 6.92 Å². The van der Waals surface area contributed by atoms with Gasteiger partial charge in [0.15, 0.2) is 5.78 Å². The highest BCUT2D eigenvalue weighted by atomic mass is 16.1. The fourth-order valence-corrected chi connectivity index (χ4v) is 1.22. The lowest BCUT2D eigenvalue weighted by Crippen LogP contribution is -1.98. The van der Waals surface area contributed by atoms with Crippen LogP contribution in [0.3, 0.4) is 0 Å². The quantitative estimate of drug-likeness (QED) is 0.643. The third kappa shape index (κ3) is 3.02. The summed E-state index contributed by atoms with van der Waals surface area (Å²) in [5, 5.41) is 0. The van der Waals surface area contributed by atoms with Crippen molar-refractivity contribution < 1.29 is 4.79 Å². The minimum Gasteiger partial charge on any atom is -0.294 e. The standard InChI is InChI=1S/C12H16O/c1-3-4-5-12(13)11-8-6-10(2)7-9-11/h6-9H,3-5H2,1-2H3. The zero-order valence-corrected chi connectivity index (χ0v) is 8.34. The Balaban J connectivity index is 2.61. The molecule has 0 fully saturated rings. The topological polar surface area (TPSA) is 17.1 Å². The van der Waals surface area contributed by atoms with Crippen LogP contribution in [0.2, 0.25) is 0 Å². The molecular formula is C12H16O. The average Bonchev–Trinajstić information content (AvgIpc) is 2.15. The number of carbonyl (C=O) groups is 1. The molecule has 0 N–H and O–H groups in total. The van der Waals surface area contributed by atoms with Gasteiger partial charge in [0.25, 0.3) is 0 Å². The maximum absolute atomic E-state index is 11.5. The van der Waals surface area contributed by atoms with Crippen molar-refractivity contribution in [1.82, 2.24) is 0 Å². The van der Waals surface area contributed by atoms with E-state index in [1.807, 2.05) is 31.2 Å². The van der Waals surface area contributed by atoms with Gasteiger partial charge in [-0.3, -0.25) is 4.79 Å². The lowest BCUT2D eigenvalue weighted by atomic mass is 10.0. The van der Waals surface area contributed by atoms with Gasteiger partial charge in [0.1, 0.15) is 0 Å². The summed E-state index contributed by atoms with van der Waals surface area (Å²) < 4.78 is 0. The molecule has 0 unspecified atom stereocenters. The van der Waals surface area contributed by atoms with Crippen LogP contribution in [-0.2, 0) is 0 Å². The van der Waals surface area contributed by atoms with Crippen LogP contribution >= 0.6 is 0 Å². The molecule has 70 valence electrons. The van der Waals surface area contributed by atoms with E-state index < -0.39 is 0 Å². The van der Waals surface area contributed by atoms with E-state index in [4.69, 9.17) is 0 Å². The smallest absolute Gasteiger partial charge is 0.162 e. The van der Waals surface area contributed by atoms with E-state index in [0.29, 0.717) is 6.42 Å². The molecule has 0 radical (unpaired) electrons. The molecule has 0 heterocycles. The highest BCUT2D eigenvalue weighted by Gasteiger charge is 2.03. The van der Waals surface area contributed by atoms with E-state index >= 15 is 0 Å². The second-order valence-electron chi connectivity index (χ2n) is 3.39. The molecule has 0 atom stereocenters. The summed E-state index contributed by atoms with van der Waals surface area (Å²) in [6.45, 7) is 4.13. The second-order valence-corrected chi connectivity index (χ2v) is 3.39.